The van der Waals surface area contributed by atoms with Crippen LogP contribution < -0.4 is 11.5 Å². The van der Waals surface area contributed by atoms with E-state index in [-0.39, 0.29) is 30.2 Å². The van der Waals surface area contributed by atoms with Gasteiger partial charge in [0.25, 0.3) is 0 Å². The van der Waals surface area contributed by atoms with Gasteiger partial charge in [-0.2, -0.15) is 13.5 Å². The van der Waals surface area contributed by atoms with Gasteiger partial charge in [0.2, 0.25) is 0 Å². The van der Waals surface area contributed by atoms with Crippen molar-refractivity contribution >= 4 is 47.3 Å². The number of fused-ring (bicyclic) bond motifs is 1. The lowest BCUT2D eigenvalue weighted by molar-refractivity contribution is -0.138. The third-order valence-corrected chi connectivity index (χ3v) is 6.37. The van der Waals surface area contributed by atoms with Crippen molar-refractivity contribution in [2.75, 3.05) is 23.5 Å². The molecule has 1 saturated heterocycles. The molecule has 3 heterocycles. The van der Waals surface area contributed by atoms with Crippen LogP contribution in [-0.4, -0.2) is 82.9 Å². The molecule has 156 valence electrons. The fourth-order valence-corrected chi connectivity index (χ4v) is 4.63. The molecule has 7 N–H and O–H groups in total. The molecule has 1 fully saturated rings. The fraction of sp³-hybridized carbons (Fsp3) is 0.600. The van der Waals surface area contributed by atoms with Crippen molar-refractivity contribution in [3.05, 3.63) is 12.7 Å². The van der Waals surface area contributed by atoms with Crippen molar-refractivity contribution in [1.29, 1.82) is 0 Å². The van der Waals surface area contributed by atoms with E-state index in [0.717, 1.165) is 0 Å². The first-order valence-electron chi connectivity index (χ1n) is 8.31. The SMILES string of the molecule is C[S+](CC[C@H](N)C(=O)O)C[C@H]1O[C@@H](n2cnc3c(N)ncnc32)[C@H](O)[C@@H]1O.S. The van der Waals surface area contributed by atoms with Crippen molar-refractivity contribution in [2.24, 2.45) is 5.73 Å². The maximum Gasteiger partial charge on any atom is 0.320 e. The molecule has 3 rings (SSSR count). The highest BCUT2D eigenvalue weighted by molar-refractivity contribution is 7.96. The molecule has 2 aromatic rings. The Bertz CT molecular complexity index is 823. The zero-order valence-corrected chi connectivity index (χ0v) is 17.0. The lowest BCUT2D eigenvalue weighted by Gasteiger charge is -2.16. The van der Waals surface area contributed by atoms with E-state index in [9.17, 15) is 15.0 Å². The number of nitrogens with zero attached hydrogens (tertiary/aromatic N) is 4. The number of imidazole rings is 1. The van der Waals surface area contributed by atoms with Crippen LogP contribution in [0.2, 0.25) is 0 Å². The number of aliphatic hydroxyl groups excluding tert-OH is 2. The van der Waals surface area contributed by atoms with Crippen LogP contribution in [0.1, 0.15) is 12.6 Å². The molecule has 1 aliphatic heterocycles. The van der Waals surface area contributed by atoms with Gasteiger partial charge in [-0.1, -0.05) is 0 Å². The molecule has 28 heavy (non-hydrogen) atoms. The minimum atomic E-state index is -1.16. The molecule has 0 radical (unpaired) electrons. The highest BCUT2D eigenvalue weighted by Crippen LogP contribution is 2.32. The van der Waals surface area contributed by atoms with Gasteiger partial charge in [0.05, 0.1) is 12.6 Å². The van der Waals surface area contributed by atoms with Crippen molar-refractivity contribution in [2.45, 2.75) is 37.0 Å². The van der Waals surface area contributed by atoms with Crippen LogP contribution in [0.4, 0.5) is 5.82 Å². The molecule has 0 spiro atoms. The van der Waals surface area contributed by atoms with Gasteiger partial charge < -0.3 is 31.5 Å². The highest BCUT2D eigenvalue weighted by Gasteiger charge is 2.46. The second-order valence-corrected chi connectivity index (χ2v) is 8.82. The summed E-state index contributed by atoms with van der Waals surface area (Å²) in [6, 6.07) is -0.907. The third-order valence-electron chi connectivity index (χ3n) is 4.54. The number of carbonyl (C=O) groups is 1. The molecule has 0 saturated carbocycles. The highest BCUT2D eigenvalue weighted by atomic mass is 32.2. The maximum atomic E-state index is 10.8. The summed E-state index contributed by atoms with van der Waals surface area (Å²) in [5, 5.41) is 29.7. The quantitative estimate of drug-likeness (QED) is 0.312. The number of nitrogen functional groups attached to an aromatic ring is 1. The Morgan fingerprint density at radius 3 is 2.75 bits per heavy atom. The van der Waals surface area contributed by atoms with Crippen molar-refractivity contribution in [1.82, 2.24) is 19.5 Å². The van der Waals surface area contributed by atoms with E-state index < -0.39 is 36.6 Å². The fourth-order valence-electron chi connectivity index (χ4n) is 2.97. The van der Waals surface area contributed by atoms with E-state index in [1.165, 1.54) is 17.2 Å². The van der Waals surface area contributed by atoms with Crippen molar-refractivity contribution in [3.8, 4) is 0 Å². The average Bonchev–Trinajstić information content (AvgIpc) is 3.17. The number of aliphatic hydroxyl groups is 2. The van der Waals surface area contributed by atoms with Crippen LogP contribution >= 0.6 is 13.5 Å². The molecule has 13 heteroatoms. The number of hydrogen-bond donors (Lipinski definition) is 5. The van der Waals surface area contributed by atoms with Crippen LogP contribution in [0.3, 0.4) is 0 Å². The molecular weight excluding hydrogens is 408 g/mol. The molecule has 0 amide bonds. The Hall–Kier alpha value is -1.64. The van der Waals surface area contributed by atoms with Gasteiger partial charge in [0.15, 0.2) is 17.7 Å². The van der Waals surface area contributed by atoms with Crippen LogP contribution in [0, 0.1) is 0 Å². The van der Waals surface area contributed by atoms with Gasteiger partial charge >= 0.3 is 5.97 Å². The van der Waals surface area contributed by atoms with Crippen LogP contribution in [-0.2, 0) is 20.4 Å². The molecule has 0 aliphatic carbocycles. The Labute approximate surface area is 170 Å². The van der Waals surface area contributed by atoms with E-state index in [1.807, 2.05) is 6.26 Å². The van der Waals surface area contributed by atoms with E-state index in [4.69, 9.17) is 21.3 Å². The Morgan fingerprint density at radius 2 is 2.07 bits per heavy atom. The lowest BCUT2D eigenvalue weighted by atomic mass is 10.1. The number of ether oxygens (including phenoxy) is 1. The summed E-state index contributed by atoms with van der Waals surface area (Å²) in [6.45, 7) is 0. The van der Waals surface area contributed by atoms with Gasteiger partial charge in [-0.3, -0.25) is 9.36 Å². The minimum absolute atomic E-state index is 0. The van der Waals surface area contributed by atoms with E-state index in [0.29, 0.717) is 29.1 Å². The smallest absolute Gasteiger partial charge is 0.320 e. The van der Waals surface area contributed by atoms with Gasteiger partial charge in [-0.15, -0.1) is 0 Å². The number of anilines is 1. The summed E-state index contributed by atoms with van der Waals surface area (Å²) < 4.78 is 7.41. The van der Waals surface area contributed by atoms with Gasteiger partial charge in [-0.25, -0.2) is 15.0 Å². The number of rotatable bonds is 7. The van der Waals surface area contributed by atoms with Crippen LogP contribution in [0.15, 0.2) is 12.7 Å². The summed E-state index contributed by atoms with van der Waals surface area (Å²) in [6.07, 6.45) is 1.31. The summed E-state index contributed by atoms with van der Waals surface area (Å²) in [5.41, 5.74) is 12.1. The number of carboxylic acid groups (broad SMARTS) is 1. The van der Waals surface area contributed by atoms with Crippen LogP contribution in [0.5, 0.6) is 0 Å². The van der Waals surface area contributed by atoms with Crippen molar-refractivity contribution < 1.29 is 24.9 Å². The number of aliphatic carboxylic acids is 1. The standard InChI is InChI=1S/C15H22N6O5S.H2S/c1-27(3-2-7(16)15(24)25)4-8-10(22)11(23)14(26-8)21-6-20-9-12(17)18-5-19-13(9)21;/h5-8,10-11,14,22-23H,2-4,16H2,1H3,(H2-,17,18,19,24,25);1H2/p+1/t7-,8+,10+,11+,14+,27?;/m0./s1. The van der Waals surface area contributed by atoms with Gasteiger partial charge in [0.1, 0.15) is 47.7 Å². The predicted octanol–water partition coefficient (Wildman–Crippen LogP) is -1.81. The number of carboxylic acids is 1. The minimum Gasteiger partial charge on any atom is -0.480 e. The normalized spacial score (nSPS) is 26.7. The first-order valence-corrected chi connectivity index (χ1v) is 10.3. The Morgan fingerprint density at radius 1 is 1.36 bits per heavy atom. The largest absolute Gasteiger partial charge is 0.480 e. The predicted molar refractivity (Wildman–Crippen MR) is 109 cm³/mol. The lowest BCUT2D eigenvalue weighted by Crippen LogP contribution is -2.37. The Balaban J connectivity index is 0.00000280. The maximum absolute atomic E-state index is 10.8. The molecule has 11 nitrogen and oxygen atoms in total. The number of hydrogen-bond acceptors (Lipinski definition) is 9. The molecule has 0 aromatic carbocycles. The first-order chi connectivity index (χ1) is 12.8. The molecule has 0 bridgehead atoms. The average molecular weight is 434 g/mol. The molecule has 6 atom stereocenters. The van der Waals surface area contributed by atoms with Crippen LogP contribution in [0.25, 0.3) is 11.2 Å². The van der Waals surface area contributed by atoms with E-state index in [2.05, 4.69) is 15.0 Å². The molecule has 2 aromatic heterocycles. The third kappa shape index (κ3) is 4.50. The zero-order chi connectivity index (χ0) is 19.7. The Kier molecular flexibility index (Phi) is 7.47. The summed E-state index contributed by atoms with van der Waals surface area (Å²) in [5.74, 6) is 0.254. The monoisotopic (exact) mass is 433 g/mol. The van der Waals surface area contributed by atoms with E-state index >= 15 is 0 Å². The number of nitrogens with two attached hydrogens (primary N) is 2. The second-order valence-electron chi connectivity index (χ2n) is 6.51. The van der Waals surface area contributed by atoms with E-state index in [1.54, 1.807) is 0 Å². The molecular formula is C15H25N6O5S2+. The summed E-state index contributed by atoms with van der Waals surface area (Å²) in [7, 11) is -0.235. The zero-order valence-electron chi connectivity index (χ0n) is 15.2. The van der Waals surface area contributed by atoms with Crippen molar-refractivity contribution in [3.63, 3.8) is 0 Å². The number of aromatic nitrogens is 4. The topological polar surface area (TPSA) is 183 Å². The van der Waals surface area contributed by atoms with Gasteiger partial charge in [0, 0.05) is 6.42 Å². The summed E-state index contributed by atoms with van der Waals surface area (Å²) in [4.78, 5) is 23.0. The summed E-state index contributed by atoms with van der Waals surface area (Å²) >= 11 is 0. The van der Waals surface area contributed by atoms with Gasteiger partial charge in [-0.05, 0) is 10.9 Å². The molecule has 1 unspecified atom stereocenters. The molecule has 1 aliphatic rings. The second kappa shape index (κ2) is 9.24. The first kappa shape index (κ1) is 22.6.